The zero-order valence-electron chi connectivity index (χ0n) is 13.6. The minimum atomic E-state index is -1.38. The second-order valence-corrected chi connectivity index (χ2v) is 5.95. The van der Waals surface area contributed by atoms with Crippen LogP contribution < -0.4 is 4.74 Å². The Balaban J connectivity index is 1.58. The standard InChI is InChI=1S/C19H22O6/c20-16-15(12-23-11-13-7-3-1-4-8-13)25-19(18(22)17(16)21)24-14-9-5-2-6-10-14/h1-10,15-22H,11-12H2/t15-,16-,17+,18-,19+/m1/s1. The van der Waals surface area contributed by atoms with Gasteiger partial charge in [-0.1, -0.05) is 48.5 Å². The van der Waals surface area contributed by atoms with Crippen molar-refractivity contribution in [1.29, 1.82) is 0 Å². The van der Waals surface area contributed by atoms with Crippen LogP contribution in [0.3, 0.4) is 0 Å². The van der Waals surface area contributed by atoms with Gasteiger partial charge >= 0.3 is 0 Å². The third-order valence-corrected chi connectivity index (χ3v) is 4.06. The van der Waals surface area contributed by atoms with Gasteiger partial charge in [-0.25, -0.2) is 0 Å². The van der Waals surface area contributed by atoms with E-state index >= 15 is 0 Å². The maximum atomic E-state index is 10.1. The molecule has 0 saturated carbocycles. The molecular formula is C19H22O6. The summed E-state index contributed by atoms with van der Waals surface area (Å²) in [6.45, 7) is 0.421. The molecule has 0 spiro atoms. The first-order chi connectivity index (χ1) is 12.1. The molecule has 3 rings (SSSR count). The summed E-state index contributed by atoms with van der Waals surface area (Å²) < 4.78 is 16.8. The molecule has 0 amide bonds. The number of benzene rings is 2. The van der Waals surface area contributed by atoms with E-state index in [1.54, 1.807) is 24.3 Å². The van der Waals surface area contributed by atoms with Gasteiger partial charge in [-0.05, 0) is 17.7 Å². The lowest BCUT2D eigenvalue weighted by Gasteiger charge is -2.40. The zero-order chi connectivity index (χ0) is 17.6. The summed E-state index contributed by atoms with van der Waals surface area (Å²) >= 11 is 0. The first-order valence-corrected chi connectivity index (χ1v) is 8.18. The van der Waals surface area contributed by atoms with Gasteiger partial charge in [-0.3, -0.25) is 0 Å². The molecule has 25 heavy (non-hydrogen) atoms. The normalized spacial score (nSPS) is 29.3. The van der Waals surface area contributed by atoms with E-state index in [0.29, 0.717) is 12.4 Å². The maximum absolute atomic E-state index is 10.1. The zero-order valence-corrected chi connectivity index (χ0v) is 13.6. The third kappa shape index (κ3) is 4.56. The second kappa shape index (κ2) is 8.42. The van der Waals surface area contributed by atoms with Crippen molar-refractivity contribution < 1.29 is 29.5 Å². The second-order valence-electron chi connectivity index (χ2n) is 5.95. The van der Waals surface area contributed by atoms with E-state index in [9.17, 15) is 15.3 Å². The summed E-state index contributed by atoms with van der Waals surface area (Å²) in [4.78, 5) is 0. The SMILES string of the molecule is O[C@@H]1[C@@H](O)[C@@H](Oc2ccccc2)O[C@H](COCc2ccccc2)[C@H]1O. The molecule has 2 aromatic carbocycles. The molecule has 0 unspecified atom stereocenters. The van der Waals surface area contributed by atoms with Crippen LogP contribution in [-0.4, -0.2) is 52.6 Å². The molecule has 1 aliphatic heterocycles. The number of ether oxygens (including phenoxy) is 3. The monoisotopic (exact) mass is 346 g/mol. The largest absolute Gasteiger partial charge is 0.462 e. The van der Waals surface area contributed by atoms with Crippen molar-refractivity contribution in [3.63, 3.8) is 0 Å². The smallest absolute Gasteiger partial charge is 0.229 e. The summed E-state index contributed by atoms with van der Waals surface area (Å²) in [5.74, 6) is 0.499. The van der Waals surface area contributed by atoms with Gasteiger partial charge in [0.15, 0.2) is 0 Å². The van der Waals surface area contributed by atoms with Crippen molar-refractivity contribution in [1.82, 2.24) is 0 Å². The highest BCUT2D eigenvalue weighted by molar-refractivity contribution is 5.21. The van der Waals surface area contributed by atoms with Gasteiger partial charge in [-0.15, -0.1) is 0 Å². The molecule has 1 saturated heterocycles. The lowest BCUT2D eigenvalue weighted by atomic mass is 9.99. The molecule has 5 atom stereocenters. The molecule has 6 nitrogen and oxygen atoms in total. The summed E-state index contributed by atoms with van der Waals surface area (Å²) in [5.41, 5.74) is 0.991. The van der Waals surface area contributed by atoms with Crippen LogP contribution >= 0.6 is 0 Å². The fraction of sp³-hybridized carbons (Fsp3) is 0.368. The molecular weight excluding hydrogens is 324 g/mol. The van der Waals surface area contributed by atoms with E-state index in [1.807, 2.05) is 36.4 Å². The molecule has 6 heteroatoms. The fourth-order valence-corrected chi connectivity index (χ4v) is 2.65. The molecule has 1 aliphatic rings. The average molecular weight is 346 g/mol. The molecule has 2 aromatic rings. The Morgan fingerprint density at radius 1 is 0.800 bits per heavy atom. The van der Waals surface area contributed by atoms with Crippen molar-refractivity contribution in [2.75, 3.05) is 6.61 Å². The predicted molar refractivity (Wildman–Crippen MR) is 89.8 cm³/mol. The lowest BCUT2D eigenvalue weighted by Crippen LogP contribution is -2.60. The topological polar surface area (TPSA) is 88.4 Å². The number of aliphatic hydroxyl groups is 3. The van der Waals surface area contributed by atoms with Crippen LogP contribution in [-0.2, 0) is 16.1 Å². The van der Waals surface area contributed by atoms with Crippen molar-refractivity contribution in [2.24, 2.45) is 0 Å². The Hall–Kier alpha value is -1.96. The van der Waals surface area contributed by atoms with E-state index in [0.717, 1.165) is 5.56 Å². The predicted octanol–water partition coefficient (Wildman–Crippen LogP) is 1.09. The maximum Gasteiger partial charge on any atom is 0.229 e. The summed E-state index contributed by atoms with van der Waals surface area (Å²) in [5, 5.41) is 30.3. The lowest BCUT2D eigenvalue weighted by molar-refractivity contribution is -0.280. The van der Waals surface area contributed by atoms with Gasteiger partial charge in [0.25, 0.3) is 0 Å². The number of para-hydroxylation sites is 1. The highest BCUT2D eigenvalue weighted by Crippen LogP contribution is 2.24. The molecule has 3 N–H and O–H groups in total. The van der Waals surface area contributed by atoms with Crippen molar-refractivity contribution in [3.8, 4) is 5.75 Å². The van der Waals surface area contributed by atoms with Crippen LogP contribution in [0.1, 0.15) is 5.56 Å². The number of hydrogen-bond donors (Lipinski definition) is 3. The van der Waals surface area contributed by atoms with Gasteiger partial charge in [-0.2, -0.15) is 0 Å². The van der Waals surface area contributed by atoms with E-state index in [2.05, 4.69) is 0 Å². The first kappa shape index (κ1) is 17.8. The number of aliphatic hydroxyl groups excluding tert-OH is 3. The number of rotatable bonds is 6. The van der Waals surface area contributed by atoms with Gasteiger partial charge < -0.3 is 29.5 Å². The Labute approximate surface area is 146 Å². The highest BCUT2D eigenvalue weighted by atomic mass is 16.7. The minimum absolute atomic E-state index is 0.0640. The van der Waals surface area contributed by atoms with E-state index in [-0.39, 0.29) is 6.61 Å². The summed E-state index contributed by atoms with van der Waals surface area (Å²) in [6.07, 6.45) is -5.91. The van der Waals surface area contributed by atoms with Gasteiger partial charge in [0.2, 0.25) is 6.29 Å². The van der Waals surface area contributed by atoms with Crippen molar-refractivity contribution in [3.05, 3.63) is 66.2 Å². The molecule has 0 radical (unpaired) electrons. The van der Waals surface area contributed by atoms with Gasteiger partial charge in [0.05, 0.1) is 13.2 Å². The average Bonchev–Trinajstić information content (AvgIpc) is 2.65. The van der Waals surface area contributed by atoms with Crippen LogP contribution in [0.15, 0.2) is 60.7 Å². The molecule has 1 heterocycles. The summed E-state index contributed by atoms with van der Waals surface area (Å²) in [6, 6.07) is 18.4. The van der Waals surface area contributed by atoms with Crippen LogP contribution in [0.25, 0.3) is 0 Å². The van der Waals surface area contributed by atoms with Crippen LogP contribution in [0.4, 0.5) is 0 Å². The fourth-order valence-electron chi connectivity index (χ4n) is 2.65. The molecule has 1 fully saturated rings. The molecule has 134 valence electrons. The van der Waals surface area contributed by atoms with E-state index < -0.39 is 30.7 Å². The van der Waals surface area contributed by atoms with E-state index in [4.69, 9.17) is 14.2 Å². The number of hydrogen-bond acceptors (Lipinski definition) is 6. The first-order valence-electron chi connectivity index (χ1n) is 8.18. The van der Waals surface area contributed by atoms with Crippen LogP contribution in [0.2, 0.25) is 0 Å². The van der Waals surface area contributed by atoms with Gasteiger partial charge in [0.1, 0.15) is 30.2 Å². The molecule has 0 aliphatic carbocycles. The Morgan fingerprint density at radius 3 is 2.12 bits per heavy atom. The molecule has 0 aromatic heterocycles. The van der Waals surface area contributed by atoms with Crippen LogP contribution in [0.5, 0.6) is 5.75 Å². The quantitative estimate of drug-likeness (QED) is 0.726. The minimum Gasteiger partial charge on any atom is -0.462 e. The Kier molecular flexibility index (Phi) is 6.01. The van der Waals surface area contributed by atoms with Crippen LogP contribution in [0, 0.1) is 0 Å². The highest BCUT2D eigenvalue weighted by Gasteiger charge is 2.45. The Morgan fingerprint density at radius 2 is 1.44 bits per heavy atom. The van der Waals surface area contributed by atoms with E-state index in [1.165, 1.54) is 0 Å². The van der Waals surface area contributed by atoms with Crippen molar-refractivity contribution >= 4 is 0 Å². The molecule has 0 bridgehead atoms. The van der Waals surface area contributed by atoms with Crippen molar-refractivity contribution in [2.45, 2.75) is 37.3 Å². The third-order valence-electron chi connectivity index (χ3n) is 4.06. The summed E-state index contributed by atoms with van der Waals surface area (Å²) in [7, 11) is 0. The van der Waals surface area contributed by atoms with Gasteiger partial charge in [0, 0.05) is 0 Å². The Bertz CT molecular complexity index is 635.